The molecule has 0 aliphatic heterocycles. The molecule has 4 rings (SSSR count). The van der Waals surface area contributed by atoms with Crippen molar-refractivity contribution in [3.8, 4) is 11.5 Å². The third-order valence-electron chi connectivity index (χ3n) is 5.03. The molecule has 11 nitrogen and oxygen atoms in total. The maximum atomic E-state index is 11.6. The van der Waals surface area contributed by atoms with Gasteiger partial charge in [0.1, 0.15) is 17.1 Å². The van der Waals surface area contributed by atoms with Gasteiger partial charge in [-0.3, -0.25) is 14.7 Å². The minimum atomic E-state index is -4.56. The van der Waals surface area contributed by atoms with E-state index in [0.717, 1.165) is 6.07 Å². The van der Waals surface area contributed by atoms with Crippen LogP contribution >= 0.6 is 0 Å². The third-order valence-corrected chi connectivity index (χ3v) is 5.86. The first-order valence-corrected chi connectivity index (χ1v) is 11.4. The van der Waals surface area contributed by atoms with Gasteiger partial charge in [0.05, 0.1) is 34.1 Å². The SMILES string of the molecule is COc1cc([N+](=O)[O-])ccc1N=Nc1c(Nc2ccccc2)ccc2cc(S(=O)(=O)O)cc(O)c12.[Na]. The summed E-state index contributed by atoms with van der Waals surface area (Å²) in [4.78, 5) is 10.0. The summed E-state index contributed by atoms with van der Waals surface area (Å²) in [6.07, 6.45) is 0. The molecule has 179 valence electrons. The Bertz CT molecular complexity index is 1580. The van der Waals surface area contributed by atoms with Crippen LogP contribution in [0.4, 0.5) is 28.4 Å². The number of azo groups is 1. The Hall–Kier alpha value is -3.55. The van der Waals surface area contributed by atoms with E-state index in [-0.39, 0.29) is 63.1 Å². The number of non-ortho nitro benzene ring substituents is 1. The maximum absolute atomic E-state index is 11.6. The van der Waals surface area contributed by atoms with Crippen LogP contribution in [0.1, 0.15) is 0 Å². The summed E-state index contributed by atoms with van der Waals surface area (Å²) in [5, 5.41) is 33.8. The topological polar surface area (TPSA) is 164 Å². The number of ether oxygens (including phenoxy) is 1. The number of hydrogen-bond acceptors (Lipinski definition) is 9. The second kappa shape index (κ2) is 11.0. The molecule has 0 aromatic heterocycles. The monoisotopic (exact) mass is 517 g/mol. The quantitative estimate of drug-likeness (QED) is 0.0952. The van der Waals surface area contributed by atoms with Crippen molar-refractivity contribution < 1.29 is 27.7 Å². The largest absolute Gasteiger partial charge is 0.507 e. The van der Waals surface area contributed by atoms with Gasteiger partial charge in [-0.05, 0) is 35.7 Å². The molecule has 36 heavy (non-hydrogen) atoms. The molecule has 4 aromatic carbocycles. The van der Waals surface area contributed by atoms with Crippen LogP contribution in [0.5, 0.6) is 11.5 Å². The van der Waals surface area contributed by atoms with Gasteiger partial charge in [0, 0.05) is 47.4 Å². The molecule has 4 aromatic rings. The predicted octanol–water partition coefficient (Wildman–Crippen LogP) is 5.49. The molecule has 0 aliphatic rings. The fraction of sp³-hybridized carbons (Fsp3) is 0.0435. The van der Waals surface area contributed by atoms with E-state index in [2.05, 4.69) is 15.5 Å². The molecule has 3 N–H and O–H groups in total. The van der Waals surface area contributed by atoms with Gasteiger partial charge in [-0.1, -0.05) is 24.3 Å². The Kier molecular flexibility index (Phi) is 8.28. The van der Waals surface area contributed by atoms with Crippen LogP contribution < -0.4 is 10.1 Å². The average Bonchev–Trinajstić information content (AvgIpc) is 2.83. The Labute approximate surface area is 227 Å². The van der Waals surface area contributed by atoms with Gasteiger partial charge in [0.15, 0.2) is 5.75 Å². The van der Waals surface area contributed by atoms with Gasteiger partial charge in [-0.25, -0.2) is 0 Å². The van der Waals surface area contributed by atoms with Crippen LogP contribution in [-0.4, -0.2) is 59.7 Å². The minimum Gasteiger partial charge on any atom is -0.507 e. The van der Waals surface area contributed by atoms with E-state index in [4.69, 9.17) is 4.74 Å². The first-order valence-electron chi connectivity index (χ1n) is 10.0. The van der Waals surface area contributed by atoms with Crippen LogP contribution in [0.25, 0.3) is 10.8 Å². The summed E-state index contributed by atoms with van der Waals surface area (Å²) >= 11 is 0. The predicted molar refractivity (Wildman–Crippen MR) is 135 cm³/mol. The summed E-state index contributed by atoms with van der Waals surface area (Å²) in [5.74, 6) is -0.338. The molecule has 1 radical (unpaired) electrons. The molecule has 0 atom stereocenters. The molecule has 0 amide bonds. The van der Waals surface area contributed by atoms with E-state index in [1.54, 1.807) is 12.1 Å². The number of para-hydroxylation sites is 1. The van der Waals surface area contributed by atoms with E-state index < -0.39 is 25.7 Å². The van der Waals surface area contributed by atoms with Crippen LogP contribution in [0.3, 0.4) is 0 Å². The van der Waals surface area contributed by atoms with Gasteiger partial charge in [0.2, 0.25) is 0 Å². The van der Waals surface area contributed by atoms with Crippen molar-refractivity contribution in [2.75, 3.05) is 12.4 Å². The number of fused-ring (bicyclic) bond motifs is 1. The average molecular weight is 517 g/mol. The number of phenolic OH excluding ortho intramolecular Hbond substituents is 1. The van der Waals surface area contributed by atoms with Crippen molar-refractivity contribution in [2.45, 2.75) is 4.90 Å². The molecule has 0 heterocycles. The fourth-order valence-corrected chi connectivity index (χ4v) is 3.93. The molecule has 0 spiro atoms. The zero-order valence-electron chi connectivity index (χ0n) is 19.1. The Morgan fingerprint density at radius 3 is 2.36 bits per heavy atom. The molecule has 0 fully saturated rings. The molecule has 0 bridgehead atoms. The third kappa shape index (κ3) is 5.80. The van der Waals surface area contributed by atoms with E-state index >= 15 is 0 Å². The van der Waals surface area contributed by atoms with Crippen LogP contribution in [0.15, 0.2) is 87.9 Å². The Morgan fingerprint density at radius 2 is 1.72 bits per heavy atom. The summed E-state index contributed by atoms with van der Waals surface area (Å²) in [7, 11) is -3.23. The van der Waals surface area contributed by atoms with Crippen molar-refractivity contribution in [3.05, 3.63) is 82.9 Å². The fourth-order valence-electron chi connectivity index (χ4n) is 3.40. The van der Waals surface area contributed by atoms with Crippen molar-refractivity contribution in [1.29, 1.82) is 0 Å². The normalized spacial score (nSPS) is 11.3. The maximum Gasteiger partial charge on any atom is 0.294 e. The summed E-state index contributed by atoms with van der Waals surface area (Å²) in [5.41, 5.74) is 1.31. The zero-order valence-corrected chi connectivity index (χ0v) is 21.9. The van der Waals surface area contributed by atoms with Crippen molar-refractivity contribution in [2.24, 2.45) is 10.2 Å². The van der Waals surface area contributed by atoms with Crippen LogP contribution in [0, 0.1) is 10.1 Å². The summed E-state index contributed by atoms with van der Waals surface area (Å²) in [6, 6.07) is 18.2. The number of hydrogen-bond donors (Lipinski definition) is 3. The molecule has 0 saturated carbocycles. The van der Waals surface area contributed by atoms with E-state index in [9.17, 15) is 28.2 Å². The minimum absolute atomic E-state index is 0. The number of benzene rings is 4. The summed E-state index contributed by atoms with van der Waals surface area (Å²) < 4.78 is 37.8. The van der Waals surface area contributed by atoms with Gasteiger partial charge < -0.3 is 15.2 Å². The second-order valence-electron chi connectivity index (χ2n) is 7.28. The van der Waals surface area contributed by atoms with E-state index in [0.29, 0.717) is 11.4 Å². The smallest absolute Gasteiger partial charge is 0.294 e. The first kappa shape index (κ1) is 27.0. The molecular weight excluding hydrogens is 499 g/mol. The molecule has 13 heteroatoms. The number of aromatic hydroxyl groups is 1. The zero-order chi connectivity index (χ0) is 25.2. The van der Waals surface area contributed by atoms with Crippen LogP contribution in [0.2, 0.25) is 0 Å². The number of anilines is 2. The number of methoxy groups -OCH3 is 1. The van der Waals surface area contributed by atoms with Crippen molar-refractivity contribution in [3.63, 3.8) is 0 Å². The standard InChI is InChI=1S/C23H18N4O7S.Na/c1-34-21-12-16(27(29)30)8-10-18(21)25-26-23-19(24-15-5-3-2-4-6-15)9-7-14-11-17(35(31,32)33)13-20(28)22(14)23;/h2-13,24,28H,1H3,(H,31,32,33);. The molecular formula is C23H18N4NaO7S. The van der Waals surface area contributed by atoms with Crippen LogP contribution in [-0.2, 0) is 10.1 Å². The van der Waals surface area contributed by atoms with Crippen molar-refractivity contribution >= 4 is 78.9 Å². The number of phenols is 1. The Balaban J connectivity index is 0.00000361. The number of nitro groups is 1. The first-order chi connectivity index (χ1) is 16.7. The van der Waals surface area contributed by atoms with Gasteiger partial charge in [-0.15, -0.1) is 10.2 Å². The molecule has 0 unspecified atom stereocenters. The van der Waals surface area contributed by atoms with Crippen molar-refractivity contribution in [1.82, 2.24) is 0 Å². The van der Waals surface area contributed by atoms with Gasteiger partial charge >= 0.3 is 0 Å². The summed E-state index contributed by atoms with van der Waals surface area (Å²) in [6.45, 7) is 0. The molecule has 0 aliphatic carbocycles. The number of rotatable bonds is 7. The van der Waals surface area contributed by atoms with E-state index in [1.165, 1.54) is 31.4 Å². The molecule has 0 saturated heterocycles. The van der Waals surface area contributed by atoms with E-state index in [1.807, 2.05) is 30.3 Å². The van der Waals surface area contributed by atoms with Gasteiger partial charge in [0.25, 0.3) is 15.8 Å². The Morgan fingerprint density at radius 1 is 1.00 bits per heavy atom. The number of nitro benzene ring substituents is 1. The second-order valence-corrected chi connectivity index (χ2v) is 8.70. The van der Waals surface area contributed by atoms with Gasteiger partial charge in [-0.2, -0.15) is 8.42 Å². The number of nitrogens with zero attached hydrogens (tertiary/aromatic N) is 3. The number of nitrogens with one attached hydrogen (secondary N) is 1.